The van der Waals surface area contributed by atoms with Gasteiger partial charge in [-0.15, -0.1) is 0 Å². The number of nitrogens with one attached hydrogen (secondary N) is 2. The molecule has 0 unspecified atom stereocenters. The summed E-state index contributed by atoms with van der Waals surface area (Å²) < 4.78 is 0. The largest absolute Gasteiger partial charge is 0.370 e. The van der Waals surface area contributed by atoms with Gasteiger partial charge in [0.15, 0.2) is 0 Å². The average Bonchev–Trinajstić information content (AvgIpc) is 2.40. The van der Waals surface area contributed by atoms with Gasteiger partial charge in [0.1, 0.15) is 11.5 Å². The molecule has 2 heterocycles. The maximum Gasteiger partial charge on any atom is 0.278 e. The molecule has 0 fully saturated rings. The van der Waals surface area contributed by atoms with Crippen LogP contribution in [0.2, 0.25) is 5.02 Å². The van der Waals surface area contributed by atoms with Crippen LogP contribution in [0.25, 0.3) is 0 Å². The van der Waals surface area contributed by atoms with Crippen molar-refractivity contribution in [2.45, 2.75) is 20.8 Å². The molecule has 0 bridgehead atoms. The fraction of sp³-hybridized carbons (Fsp3) is 0.286. The Morgan fingerprint density at radius 2 is 1.86 bits per heavy atom. The molecule has 2 rings (SSSR count). The molecule has 2 aromatic rings. The second-order valence-electron chi connectivity index (χ2n) is 4.49. The lowest BCUT2D eigenvalue weighted by molar-refractivity contribution is 0.102. The molecule has 7 heteroatoms. The van der Waals surface area contributed by atoms with E-state index in [9.17, 15) is 4.79 Å². The number of pyridine rings is 1. The molecule has 0 spiro atoms. The number of aryl methyl sites for hydroxylation is 2. The van der Waals surface area contributed by atoms with E-state index in [1.807, 2.05) is 26.8 Å². The van der Waals surface area contributed by atoms with Gasteiger partial charge in [0, 0.05) is 17.9 Å². The first kappa shape index (κ1) is 15.2. The van der Waals surface area contributed by atoms with E-state index in [4.69, 9.17) is 11.6 Å². The number of aromatic nitrogens is 3. The quantitative estimate of drug-likeness (QED) is 0.908. The Bertz CT molecular complexity index is 654. The lowest BCUT2D eigenvalue weighted by Gasteiger charge is -2.08. The van der Waals surface area contributed by atoms with Gasteiger partial charge in [0.25, 0.3) is 5.91 Å². The van der Waals surface area contributed by atoms with Crippen molar-refractivity contribution in [2.24, 2.45) is 0 Å². The van der Waals surface area contributed by atoms with E-state index in [1.165, 1.54) is 0 Å². The third kappa shape index (κ3) is 3.88. The highest BCUT2D eigenvalue weighted by Gasteiger charge is 2.15. The van der Waals surface area contributed by atoms with Crippen LogP contribution in [-0.4, -0.2) is 27.4 Å². The van der Waals surface area contributed by atoms with Gasteiger partial charge >= 0.3 is 0 Å². The summed E-state index contributed by atoms with van der Waals surface area (Å²) in [7, 11) is 0. The second kappa shape index (κ2) is 6.49. The molecule has 2 N–H and O–H groups in total. The second-order valence-corrected chi connectivity index (χ2v) is 4.89. The maximum absolute atomic E-state index is 12.2. The minimum Gasteiger partial charge on any atom is -0.370 e. The van der Waals surface area contributed by atoms with Crippen LogP contribution in [0.4, 0.5) is 11.8 Å². The maximum atomic E-state index is 12.2. The van der Waals surface area contributed by atoms with E-state index < -0.39 is 5.91 Å². The SMILES string of the molecule is CCNc1ccc(Cl)c(C(=O)Nc2nc(C)cc(C)n2)n1. The standard InChI is InChI=1S/C14H16ClN5O/c1-4-16-11-6-5-10(15)12(19-11)13(21)20-14-17-8(2)7-9(3)18-14/h5-7H,4H2,1-3H3,(H,16,19)(H,17,18,20,21). The van der Waals surface area contributed by atoms with Crippen molar-refractivity contribution in [1.29, 1.82) is 0 Å². The molecule has 21 heavy (non-hydrogen) atoms. The molecule has 0 atom stereocenters. The molecule has 0 aromatic carbocycles. The van der Waals surface area contributed by atoms with Crippen molar-refractivity contribution >= 4 is 29.3 Å². The molecule has 6 nitrogen and oxygen atoms in total. The lowest BCUT2D eigenvalue weighted by Crippen LogP contribution is -2.17. The molecule has 1 amide bonds. The summed E-state index contributed by atoms with van der Waals surface area (Å²) >= 11 is 6.03. The van der Waals surface area contributed by atoms with Gasteiger partial charge in [-0.25, -0.2) is 15.0 Å². The molecular formula is C14H16ClN5O. The zero-order chi connectivity index (χ0) is 15.4. The lowest BCUT2D eigenvalue weighted by atomic mass is 10.3. The first-order valence-corrected chi connectivity index (χ1v) is 6.91. The number of hydrogen-bond donors (Lipinski definition) is 2. The molecule has 0 radical (unpaired) electrons. The van der Waals surface area contributed by atoms with Crippen molar-refractivity contribution in [2.75, 3.05) is 17.2 Å². The van der Waals surface area contributed by atoms with Crippen LogP contribution >= 0.6 is 11.6 Å². The number of halogens is 1. The summed E-state index contributed by atoms with van der Waals surface area (Å²) in [4.78, 5) is 24.8. The Morgan fingerprint density at radius 3 is 2.48 bits per heavy atom. The minimum atomic E-state index is -0.440. The van der Waals surface area contributed by atoms with Crippen LogP contribution < -0.4 is 10.6 Å². The number of hydrogen-bond acceptors (Lipinski definition) is 5. The molecule has 0 saturated carbocycles. The summed E-state index contributed by atoms with van der Waals surface area (Å²) in [6.07, 6.45) is 0. The molecule has 0 aliphatic carbocycles. The number of rotatable bonds is 4. The summed E-state index contributed by atoms with van der Waals surface area (Å²) in [5.41, 5.74) is 1.69. The average molecular weight is 306 g/mol. The molecule has 0 aliphatic heterocycles. The normalized spacial score (nSPS) is 10.3. The monoisotopic (exact) mass is 305 g/mol. The van der Waals surface area contributed by atoms with Gasteiger partial charge in [-0.3, -0.25) is 10.1 Å². The fourth-order valence-electron chi connectivity index (χ4n) is 1.82. The number of nitrogens with zero attached hydrogens (tertiary/aromatic N) is 3. The molecule has 0 aliphatic rings. The number of amides is 1. The van der Waals surface area contributed by atoms with E-state index in [0.717, 1.165) is 11.4 Å². The first-order chi connectivity index (χ1) is 9.99. The van der Waals surface area contributed by atoms with Crippen molar-refractivity contribution in [3.8, 4) is 0 Å². The summed E-state index contributed by atoms with van der Waals surface area (Å²) in [6, 6.07) is 5.17. The molecule has 2 aromatic heterocycles. The topological polar surface area (TPSA) is 79.8 Å². The van der Waals surface area contributed by atoms with E-state index in [1.54, 1.807) is 12.1 Å². The number of anilines is 2. The van der Waals surface area contributed by atoms with Gasteiger partial charge in [-0.2, -0.15) is 0 Å². The van der Waals surface area contributed by atoms with Gasteiger partial charge in [0.2, 0.25) is 5.95 Å². The Hall–Kier alpha value is -2.21. The van der Waals surface area contributed by atoms with E-state index >= 15 is 0 Å². The van der Waals surface area contributed by atoms with Gasteiger partial charge < -0.3 is 5.32 Å². The first-order valence-electron chi connectivity index (χ1n) is 6.53. The minimum absolute atomic E-state index is 0.137. The van der Waals surface area contributed by atoms with Crippen LogP contribution in [0, 0.1) is 13.8 Å². The van der Waals surface area contributed by atoms with Crippen LogP contribution in [-0.2, 0) is 0 Å². The van der Waals surface area contributed by atoms with Crippen molar-refractivity contribution in [3.05, 3.63) is 40.3 Å². The highest BCUT2D eigenvalue weighted by atomic mass is 35.5. The molecule has 0 saturated heterocycles. The van der Waals surface area contributed by atoms with E-state index in [2.05, 4.69) is 25.6 Å². The van der Waals surface area contributed by atoms with Crippen LogP contribution in [0.3, 0.4) is 0 Å². The predicted molar refractivity (Wildman–Crippen MR) is 82.9 cm³/mol. The predicted octanol–water partition coefficient (Wildman–Crippen LogP) is 2.83. The Morgan fingerprint density at radius 1 is 1.19 bits per heavy atom. The van der Waals surface area contributed by atoms with Crippen LogP contribution in [0.15, 0.2) is 18.2 Å². The van der Waals surface area contributed by atoms with Gasteiger partial charge in [-0.05, 0) is 39.0 Å². The Labute approximate surface area is 128 Å². The summed E-state index contributed by atoms with van der Waals surface area (Å²) in [6.45, 7) is 6.32. The molecule has 110 valence electrons. The van der Waals surface area contributed by atoms with Gasteiger partial charge in [0.05, 0.1) is 5.02 Å². The smallest absolute Gasteiger partial charge is 0.278 e. The van der Waals surface area contributed by atoms with Crippen LogP contribution in [0.1, 0.15) is 28.8 Å². The number of carbonyl (C=O) groups excluding carboxylic acids is 1. The Kier molecular flexibility index (Phi) is 4.70. The molecular weight excluding hydrogens is 290 g/mol. The number of carbonyl (C=O) groups is 1. The van der Waals surface area contributed by atoms with E-state index in [0.29, 0.717) is 12.4 Å². The highest BCUT2D eigenvalue weighted by Crippen LogP contribution is 2.18. The Balaban J connectivity index is 2.25. The van der Waals surface area contributed by atoms with Crippen molar-refractivity contribution in [1.82, 2.24) is 15.0 Å². The van der Waals surface area contributed by atoms with Crippen molar-refractivity contribution < 1.29 is 4.79 Å². The van der Waals surface area contributed by atoms with Crippen LogP contribution in [0.5, 0.6) is 0 Å². The zero-order valence-corrected chi connectivity index (χ0v) is 12.8. The third-order valence-corrected chi connectivity index (χ3v) is 2.93. The third-order valence-electron chi connectivity index (χ3n) is 2.63. The summed E-state index contributed by atoms with van der Waals surface area (Å²) in [5, 5.41) is 5.92. The van der Waals surface area contributed by atoms with E-state index in [-0.39, 0.29) is 16.7 Å². The summed E-state index contributed by atoms with van der Waals surface area (Å²) in [5.74, 6) is 0.391. The zero-order valence-electron chi connectivity index (χ0n) is 12.1. The highest BCUT2D eigenvalue weighted by molar-refractivity contribution is 6.34. The fourth-order valence-corrected chi connectivity index (χ4v) is 2.01. The van der Waals surface area contributed by atoms with Gasteiger partial charge in [-0.1, -0.05) is 11.6 Å². The van der Waals surface area contributed by atoms with Crippen molar-refractivity contribution in [3.63, 3.8) is 0 Å².